The maximum atomic E-state index is 6.29. The lowest BCUT2D eigenvalue weighted by atomic mass is 10.0. The van der Waals surface area contributed by atoms with Gasteiger partial charge in [0, 0.05) is 42.0 Å². The number of thiol groups is 1. The van der Waals surface area contributed by atoms with E-state index in [9.17, 15) is 0 Å². The zero-order valence-electron chi connectivity index (χ0n) is 15.7. The molecule has 0 unspecified atom stereocenters. The minimum absolute atomic E-state index is 0.157. The zero-order chi connectivity index (χ0) is 19.3. The summed E-state index contributed by atoms with van der Waals surface area (Å²) >= 11 is 6.61. The quantitative estimate of drug-likeness (QED) is 0.299. The van der Waals surface area contributed by atoms with Gasteiger partial charge < -0.3 is 37.9 Å². The summed E-state index contributed by atoms with van der Waals surface area (Å²) in [6.45, 7) is 0.443. The third kappa shape index (κ3) is 5.22. The van der Waals surface area contributed by atoms with Gasteiger partial charge in [-0.2, -0.15) is 0 Å². The van der Waals surface area contributed by atoms with Crippen LogP contribution in [0, 0.1) is 0 Å². The summed E-state index contributed by atoms with van der Waals surface area (Å²) in [7, 11) is 8.11. The molecule has 9 atom stereocenters. The molecule has 0 aromatic carbocycles. The van der Waals surface area contributed by atoms with Gasteiger partial charge in [-0.1, -0.05) is 0 Å². The lowest BCUT2D eigenvalue weighted by Crippen LogP contribution is -2.60. The molecule has 0 aromatic rings. The van der Waals surface area contributed by atoms with E-state index >= 15 is 0 Å². The number of ether oxygens (including phenoxy) is 8. The second kappa shape index (κ2) is 11.1. The Morgan fingerprint density at radius 2 is 1.54 bits per heavy atom. The minimum Gasteiger partial charge on any atom is -0.382 e. The van der Waals surface area contributed by atoms with Gasteiger partial charge in [0.25, 0.3) is 0 Å². The van der Waals surface area contributed by atoms with E-state index in [0.29, 0.717) is 13.0 Å². The Bertz CT molecular complexity index is 420. The van der Waals surface area contributed by atoms with Crippen molar-refractivity contribution in [3.63, 3.8) is 0 Å². The first-order chi connectivity index (χ1) is 12.5. The van der Waals surface area contributed by atoms with Crippen LogP contribution in [0.1, 0.15) is 6.42 Å². The summed E-state index contributed by atoms with van der Waals surface area (Å²) in [5, 5.41) is 0. The van der Waals surface area contributed by atoms with E-state index in [-0.39, 0.29) is 34.6 Å². The predicted octanol–water partition coefficient (Wildman–Crippen LogP) is 1.24. The molecule has 26 heavy (non-hydrogen) atoms. The first-order valence-electron chi connectivity index (χ1n) is 8.39. The summed E-state index contributed by atoms with van der Waals surface area (Å²) in [4.78, 5) is 0. The number of halogens is 1. The predicted molar refractivity (Wildman–Crippen MR) is 105 cm³/mol. The number of hydrogen-bond donors (Lipinski definition) is 1. The Hall–Kier alpha value is 0.760. The van der Waals surface area contributed by atoms with Gasteiger partial charge in [0.2, 0.25) is 0 Å². The Morgan fingerprint density at radius 3 is 2.08 bits per heavy atom. The van der Waals surface area contributed by atoms with Gasteiger partial charge in [0.05, 0.1) is 18.8 Å². The molecule has 0 N–H and O–H groups in total. The topological polar surface area (TPSA) is 73.8 Å². The second-order valence-electron chi connectivity index (χ2n) is 6.17. The van der Waals surface area contributed by atoms with Gasteiger partial charge >= 0.3 is 0 Å². The van der Waals surface area contributed by atoms with E-state index in [1.54, 1.807) is 35.5 Å². The molecular formula is C16H29IO8S. The fourth-order valence-electron chi connectivity index (χ4n) is 3.39. The molecule has 0 saturated carbocycles. The molecule has 2 heterocycles. The van der Waals surface area contributed by atoms with Crippen molar-refractivity contribution in [3.8, 4) is 0 Å². The Kier molecular flexibility index (Phi) is 9.82. The van der Waals surface area contributed by atoms with Crippen LogP contribution in [0.15, 0.2) is 0 Å². The van der Waals surface area contributed by atoms with Crippen LogP contribution in [0.2, 0.25) is 0 Å². The van der Waals surface area contributed by atoms with Crippen molar-refractivity contribution in [2.45, 2.75) is 58.9 Å². The minimum atomic E-state index is -0.656. The van der Waals surface area contributed by atoms with Gasteiger partial charge in [-0.25, -0.2) is 0 Å². The van der Waals surface area contributed by atoms with Crippen LogP contribution in [0.25, 0.3) is 0 Å². The molecule has 2 aliphatic rings. The number of alkyl halides is 1. The first-order valence-corrected chi connectivity index (χ1v) is 10.2. The SMILES string of the molecule is COC[C@H]1C[C@@H](OC)[C@H](OC)[C@@H](O[C@H]2[C@H](OC)[C@@H](OC)[C@H](S)O[C@@H]2I)O1. The van der Waals surface area contributed by atoms with Gasteiger partial charge in [-0.3, -0.25) is 0 Å². The molecule has 2 aliphatic heterocycles. The molecule has 0 spiro atoms. The fraction of sp³-hybridized carbons (Fsp3) is 1.00. The molecule has 2 rings (SSSR count). The van der Waals surface area contributed by atoms with Crippen LogP contribution < -0.4 is 0 Å². The highest BCUT2D eigenvalue weighted by atomic mass is 127. The van der Waals surface area contributed by atoms with Crippen molar-refractivity contribution in [3.05, 3.63) is 0 Å². The monoisotopic (exact) mass is 508 g/mol. The molecule has 2 saturated heterocycles. The van der Waals surface area contributed by atoms with Gasteiger partial charge in [-0.05, 0) is 22.6 Å². The highest BCUT2D eigenvalue weighted by molar-refractivity contribution is 14.1. The lowest BCUT2D eigenvalue weighted by molar-refractivity contribution is -0.319. The van der Waals surface area contributed by atoms with E-state index in [1.807, 2.05) is 0 Å². The summed E-state index contributed by atoms with van der Waals surface area (Å²) in [5.74, 6) is 0. The van der Waals surface area contributed by atoms with Crippen LogP contribution in [0.5, 0.6) is 0 Å². The third-order valence-electron chi connectivity index (χ3n) is 4.68. The van der Waals surface area contributed by atoms with Crippen molar-refractivity contribution in [1.82, 2.24) is 0 Å². The molecule has 10 heteroatoms. The molecule has 154 valence electrons. The maximum absolute atomic E-state index is 6.29. The van der Waals surface area contributed by atoms with Gasteiger partial charge in [0.1, 0.15) is 34.0 Å². The summed E-state index contributed by atoms with van der Waals surface area (Å²) in [6, 6.07) is 0. The van der Waals surface area contributed by atoms with Gasteiger partial charge in [0.15, 0.2) is 6.29 Å². The molecule has 0 bridgehead atoms. The number of methoxy groups -OCH3 is 5. The average molecular weight is 508 g/mol. The highest BCUT2D eigenvalue weighted by Crippen LogP contribution is 2.35. The Labute approximate surface area is 174 Å². The lowest BCUT2D eigenvalue weighted by Gasteiger charge is -2.46. The standard InChI is InChI=1S/C16H29IO8S/c1-18-7-8-6-9(19-2)10(20-3)15(23-8)24-12-11(21-4)13(22-5)16(26)25-14(12)17/h8-16,26H,6-7H2,1-5H3/t8-,9-,10+,11+,12+,13-,14+,15-,16+/m1/s1. The van der Waals surface area contributed by atoms with E-state index < -0.39 is 17.8 Å². The molecular weight excluding hydrogens is 479 g/mol. The van der Waals surface area contributed by atoms with Crippen LogP contribution in [-0.2, 0) is 37.9 Å². The largest absolute Gasteiger partial charge is 0.382 e. The Morgan fingerprint density at radius 1 is 0.885 bits per heavy atom. The first kappa shape index (κ1) is 23.0. The number of hydrogen-bond acceptors (Lipinski definition) is 9. The van der Waals surface area contributed by atoms with E-state index in [1.165, 1.54) is 0 Å². The van der Waals surface area contributed by atoms with E-state index in [2.05, 4.69) is 35.2 Å². The van der Waals surface area contributed by atoms with Crippen molar-refractivity contribution in [2.75, 3.05) is 42.2 Å². The smallest absolute Gasteiger partial charge is 0.187 e. The molecule has 0 amide bonds. The van der Waals surface area contributed by atoms with Gasteiger partial charge in [-0.15, -0.1) is 12.6 Å². The average Bonchev–Trinajstić information content (AvgIpc) is 2.63. The van der Waals surface area contributed by atoms with Crippen molar-refractivity contribution >= 4 is 35.2 Å². The van der Waals surface area contributed by atoms with Crippen molar-refractivity contribution < 1.29 is 37.9 Å². The molecule has 8 nitrogen and oxygen atoms in total. The second-order valence-corrected chi connectivity index (χ2v) is 7.91. The third-order valence-corrected chi connectivity index (χ3v) is 6.09. The van der Waals surface area contributed by atoms with E-state index in [0.717, 1.165) is 0 Å². The zero-order valence-corrected chi connectivity index (χ0v) is 18.8. The molecule has 0 aliphatic carbocycles. The molecule has 2 fully saturated rings. The molecule has 0 radical (unpaired) electrons. The Balaban J connectivity index is 2.17. The normalized spacial score (nSPS) is 44.2. The van der Waals surface area contributed by atoms with Crippen molar-refractivity contribution in [1.29, 1.82) is 0 Å². The van der Waals surface area contributed by atoms with Crippen molar-refractivity contribution in [2.24, 2.45) is 0 Å². The van der Waals surface area contributed by atoms with Crippen LogP contribution >= 0.6 is 35.2 Å². The van der Waals surface area contributed by atoms with Crippen LogP contribution in [-0.4, -0.2) is 94.6 Å². The van der Waals surface area contributed by atoms with Crippen LogP contribution in [0.4, 0.5) is 0 Å². The summed E-state index contributed by atoms with van der Waals surface area (Å²) in [5.41, 5.74) is -0.412. The fourth-order valence-corrected chi connectivity index (χ4v) is 4.94. The van der Waals surface area contributed by atoms with Crippen LogP contribution in [0.3, 0.4) is 0 Å². The maximum Gasteiger partial charge on any atom is 0.187 e. The molecule has 0 aromatic heterocycles. The highest BCUT2D eigenvalue weighted by Gasteiger charge is 2.49. The summed E-state index contributed by atoms with van der Waals surface area (Å²) in [6.07, 6.45) is -1.90. The summed E-state index contributed by atoms with van der Waals surface area (Å²) < 4.78 is 45.5. The van der Waals surface area contributed by atoms with E-state index in [4.69, 9.17) is 37.9 Å². The number of rotatable bonds is 8.